The third kappa shape index (κ3) is 5.86. The van der Waals surface area contributed by atoms with E-state index in [2.05, 4.69) is 0 Å². The van der Waals surface area contributed by atoms with Crippen LogP contribution in [0.4, 0.5) is 5.69 Å². The first kappa shape index (κ1) is 23.3. The smallest absolute Gasteiger partial charge is 0.270 e. The van der Waals surface area contributed by atoms with Gasteiger partial charge in [0.1, 0.15) is 0 Å². The van der Waals surface area contributed by atoms with Crippen molar-refractivity contribution in [2.75, 3.05) is 6.61 Å². The minimum atomic E-state index is -4.31. The van der Waals surface area contributed by atoms with Crippen molar-refractivity contribution in [1.82, 2.24) is 4.41 Å². The van der Waals surface area contributed by atoms with Crippen molar-refractivity contribution < 1.29 is 23.2 Å². The van der Waals surface area contributed by atoms with Gasteiger partial charge in [-0.2, -0.15) is 0 Å². The van der Waals surface area contributed by atoms with Crippen LogP contribution in [0.25, 0.3) is 0 Å². The van der Waals surface area contributed by atoms with Crippen LogP contribution in [0.3, 0.4) is 0 Å². The molecule has 1 saturated carbocycles. The van der Waals surface area contributed by atoms with Gasteiger partial charge in [0.25, 0.3) is 15.7 Å². The summed E-state index contributed by atoms with van der Waals surface area (Å²) in [7, 11) is -4.31. The van der Waals surface area contributed by atoms with Gasteiger partial charge in [-0.1, -0.05) is 49.2 Å². The van der Waals surface area contributed by atoms with Gasteiger partial charge in [0.2, 0.25) is 0 Å². The number of sulfonamides is 1. The summed E-state index contributed by atoms with van der Waals surface area (Å²) in [4.78, 5) is 10.1. The number of ether oxygens (including phenoxy) is 1. The number of hydrogen-bond acceptors (Lipinski definition) is 7. The first-order chi connectivity index (χ1) is 14.8. The lowest BCUT2D eigenvalue weighted by molar-refractivity contribution is -0.385. The zero-order valence-electron chi connectivity index (χ0n) is 17.0. The lowest BCUT2D eigenvalue weighted by Gasteiger charge is -2.31. The Balaban J connectivity index is 1.85. The second-order valence-electron chi connectivity index (χ2n) is 7.65. The van der Waals surface area contributed by atoms with Crippen LogP contribution in [0.2, 0.25) is 0 Å². The number of non-ortho nitro benzene ring substituents is 1. The highest BCUT2D eigenvalue weighted by Crippen LogP contribution is 2.25. The van der Waals surface area contributed by atoms with E-state index in [0.717, 1.165) is 37.3 Å². The molecule has 0 spiro atoms. The predicted molar refractivity (Wildman–Crippen MR) is 114 cm³/mol. The summed E-state index contributed by atoms with van der Waals surface area (Å²) in [6, 6.07) is 12.7. The zero-order valence-corrected chi connectivity index (χ0v) is 17.9. The maximum absolute atomic E-state index is 13.1. The fourth-order valence-electron chi connectivity index (χ4n) is 3.71. The van der Waals surface area contributed by atoms with E-state index in [-0.39, 0.29) is 29.7 Å². The molecule has 0 radical (unpaired) electrons. The van der Waals surface area contributed by atoms with Crippen LogP contribution in [-0.2, 0) is 21.2 Å². The molecule has 0 bridgehead atoms. The maximum Gasteiger partial charge on any atom is 0.270 e. The highest BCUT2D eigenvalue weighted by atomic mass is 32.2. The Labute approximate surface area is 181 Å². The normalized spacial score (nSPS) is 17.0. The van der Waals surface area contributed by atoms with E-state index >= 15 is 0 Å². The number of rotatable bonds is 10. The van der Waals surface area contributed by atoms with Gasteiger partial charge in [-0.15, -0.1) is 4.41 Å². The predicted octanol–water partition coefficient (Wildman–Crippen LogP) is 2.39. The van der Waals surface area contributed by atoms with Crippen molar-refractivity contribution in [3.05, 3.63) is 70.3 Å². The highest BCUT2D eigenvalue weighted by Gasteiger charge is 2.35. The summed E-state index contributed by atoms with van der Waals surface area (Å²) in [5.74, 6) is 6.05. The molecule has 0 aliphatic heterocycles. The Morgan fingerprint density at radius 3 is 2.48 bits per heavy atom. The monoisotopic (exact) mass is 449 g/mol. The van der Waals surface area contributed by atoms with E-state index < -0.39 is 27.1 Å². The number of benzene rings is 2. The number of aliphatic hydroxyl groups excluding tert-OH is 1. The number of aliphatic hydroxyl groups is 1. The van der Waals surface area contributed by atoms with Crippen molar-refractivity contribution in [3.63, 3.8) is 0 Å². The van der Waals surface area contributed by atoms with Crippen molar-refractivity contribution in [2.45, 2.75) is 55.2 Å². The summed E-state index contributed by atoms with van der Waals surface area (Å²) >= 11 is 0. The van der Waals surface area contributed by atoms with Crippen LogP contribution in [-0.4, -0.2) is 47.7 Å². The van der Waals surface area contributed by atoms with E-state index in [4.69, 9.17) is 10.6 Å². The number of hydrogen-bond donors (Lipinski definition) is 2. The SMILES string of the molecule is NN([C@@H](Cc1ccccc1)[C@@H](O)COC1CCCC1)S(=O)(=O)c1cccc([N+](=O)[O-])c1. The minimum absolute atomic E-state index is 0.0478. The van der Waals surface area contributed by atoms with Crippen LogP contribution in [0, 0.1) is 10.1 Å². The lowest BCUT2D eigenvalue weighted by Crippen LogP contribution is -2.53. The van der Waals surface area contributed by atoms with Gasteiger partial charge in [-0.05, 0) is 30.9 Å². The van der Waals surface area contributed by atoms with Crippen LogP contribution in [0.15, 0.2) is 59.5 Å². The zero-order chi connectivity index (χ0) is 22.4. The maximum atomic E-state index is 13.1. The Hall–Kier alpha value is -2.37. The molecule has 168 valence electrons. The molecule has 31 heavy (non-hydrogen) atoms. The molecule has 2 aromatic carbocycles. The Bertz CT molecular complexity index is 980. The third-order valence-corrected chi connectivity index (χ3v) is 7.14. The number of nitro benzene ring substituents is 1. The Morgan fingerprint density at radius 1 is 1.16 bits per heavy atom. The summed E-state index contributed by atoms with van der Waals surface area (Å²) < 4.78 is 32.6. The molecule has 0 amide bonds. The average Bonchev–Trinajstić information content (AvgIpc) is 3.30. The standard InChI is InChI=1S/C21H27N3O6S/c22-23(31(28,29)19-12-6-9-17(14-19)24(26)27)20(13-16-7-2-1-3-8-16)21(25)15-30-18-10-4-5-11-18/h1-3,6-9,12,14,18,20-21,25H,4-5,10-11,13,15,22H2/t20-,21-/m0/s1. The number of hydrazine groups is 1. The van der Waals surface area contributed by atoms with Gasteiger partial charge in [0, 0.05) is 12.1 Å². The quantitative estimate of drug-likeness (QED) is 0.323. The highest BCUT2D eigenvalue weighted by molar-refractivity contribution is 7.89. The summed E-state index contributed by atoms with van der Waals surface area (Å²) in [6.07, 6.45) is 2.98. The minimum Gasteiger partial charge on any atom is -0.389 e. The second kappa shape index (κ2) is 10.3. The van der Waals surface area contributed by atoms with Crippen molar-refractivity contribution in [3.8, 4) is 0 Å². The van der Waals surface area contributed by atoms with Gasteiger partial charge in [-0.25, -0.2) is 8.42 Å². The van der Waals surface area contributed by atoms with Crippen molar-refractivity contribution in [2.24, 2.45) is 5.84 Å². The molecule has 1 aliphatic rings. The molecule has 2 aromatic rings. The van der Waals surface area contributed by atoms with E-state index in [1.54, 1.807) is 0 Å². The molecule has 0 aromatic heterocycles. The molecule has 9 nitrogen and oxygen atoms in total. The molecule has 10 heteroatoms. The van der Waals surface area contributed by atoms with Crippen LogP contribution >= 0.6 is 0 Å². The van der Waals surface area contributed by atoms with Crippen LogP contribution < -0.4 is 5.84 Å². The van der Waals surface area contributed by atoms with Gasteiger partial charge in [-0.3, -0.25) is 16.0 Å². The molecule has 0 heterocycles. The first-order valence-corrected chi connectivity index (χ1v) is 11.6. The molecule has 3 rings (SSSR count). The van der Waals surface area contributed by atoms with Crippen molar-refractivity contribution >= 4 is 15.7 Å². The number of nitro groups is 1. The molecule has 2 atom stereocenters. The summed E-state index contributed by atoms with van der Waals surface area (Å²) in [5, 5.41) is 21.9. The lowest BCUT2D eigenvalue weighted by atomic mass is 10.0. The molecule has 0 unspecified atom stereocenters. The topological polar surface area (TPSA) is 136 Å². The van der Waals surface area contributed by atoms with Gasteiger partial charge in [0.05, 0.1) is 34.7 Å². The summed E-state index contributed by atoms with van der Waals surface area (Å²) in [5.41, 5.74) is 0.427. The fraction of sp³-hybridized carbons (Fsp3) is 0.429. The van der Waals surface area contributed by atoms with Gasteiger partial charge < -0.3 is 9.84 Å². The molecular weight excluding hydrogens is 422 g/mol. The first-order valence-electron chi connectivity index (χ1n) is 10.2. The third-order valence-electron chi connectivity index (χ3n) is 5.47. The van der Waals surface area contributed by atoms with Gasteiger partial charge in [0.15, 0.2) is 0 Å². The number of nitrogens with two attached hydrogens (primary N) is 1. The van der Waals surface area contributed by atoms with E-state index in [1.165, 1.54) is 18.2 Å². The largest absolute Gasteiger partial charge is 0.389 e. The van der Waals surface area contributed by atoms with E-state index in [1.807, 2.05) is 30.3 Å². The van der Waals surface area contributed by atoms with Crippen LogP contribution in [0.1, 0.15) is 31.2 Å². The Morgan fingerprint density at radius 2 is 1.84 bits per heavy atom. The fourth-order valence-corrected chi connectivity index (χ4v) is 5.04. The molecule has 3 N–H and O–H groups in total. The number of nitrogens with zero attached hydrogens (tertiary/aromatic N) is 2. The molecule has 1 fully saturated rings. The Kier molecular flexibility index (Phi) is 7.74. The van der Waals surface area contributed by atoms with E-state index in [0.29, 0.717) is 4.41 Å². The van der Waals surface area contributed by atoms with E-state index in [9.17, 15) is 23.6 Å². The molecule has 1 aliphatic carbocycles. The van der Waals surface area contributed by atoms with Crippen molar-refractivity contribution in [1.29, 1.82) is 0 Å². The van der Waals surface area contributed by atoms with Crippen LogP contribution in [0.5, 0.6) is 0 Å². The average molecular weight is 450 g/mol. The second-order valence-corrected chi connectivity index (χ2v) is 9.50. The van der Waals surface area contributed by atoms with Gasteiger partial charge >= 0.3 is 0 Å². The molecule has 0 saturated heterocycles. The summed E-state index contributed by atoms with van der Waals surface area (Å²) in [6.45, 7) is -0.0552. The molecular formula is C21H27N3O6S.